The third-order valence-electron chi connectivity index (χ3n) is 5.75. The summed E-state index contributed by atoms with van der Waals surface area (Å²) >= 11 is 0. The van der Waals surface area contributed by atoms with Gasteiger partial charge in [0.2, 0.25) is 0 Å². The smallest absolute Gasteiger partial charge is 0.317 e. The minimum atomic E-state index is 0.134. The van der Waals surface area contributed by atoms with Crippen LogP contribution in [-0.4, -0.2) is 67.8 Å². The molecule has 5 nitrogen and oxygen atoms in total. The van der Waals surface area contributed by atoms with E-state index in [2.05, 4.69) is 34.5 Å². The fraction of sp³-hybridized carbons (Fsp3) is 0.650. The molecule has 0 spiro atoms. The zero-order chi connectivity index (χ0) is 17.1. The van der Waals surface area contributed by atoms with E-state index in [1.54, 1.807) is 0 Å². The lowest BCUT2D eigenvalue weighted by Crippen LogP contribution is -2.49. The van der Waals surface area contributed by atoms with Gasteiger partial charge in [0.1, 0.15) is 0 Å². The van der Waals surface area contributed by atoms with Crippen molar-refractivity contribution in [1.82, 2.24) is 15.1 Å². The maximum Gasteiger partial charge on any atom is 0.317 e. The quantitative estimate of drug-likeness (QED) is 0.912. The van der Waals surface area contributed by atoms with Crippen LogP contribution in [0.25, 0.3) is 0 Å². The second kappa shape index (κ2) is 7.75. The van der Waals surface area contributed by atoms with Gasteiger partial charge in [0, 0.05) is 44.7 Å². The molecule has 0 unspecified atom stereocenters. The molecule has 2 aliphatic heterocycles. The number of carbonyl (C=O) groups excluding carboxylic acids is 1. The molecule has 2 heterocycles. The molecule has 3 atom stereocenters. The van der Waals surface area contributed by atoms with Gasteiger partial charge in [0.25, 0.3) is 0 Å². The molecule has 3 aliphatic rings. The number of hydrogen-bond acceptors (Lipinski definition) is 3. The molecule has 136 valence electrons. The van der Waals surface area contributed by atoms with Gasteiger partial charge in [0.05, 0.1) is 13.2 Å². The van der Waals surface area contributed by atoms with Crippen LogP contribution >= 0.6 is 0 Å². The van der Waals surface area contributed by atoms with Crippen LogP contribution in [0.4, 0.5) is 4.79 Å². The van der Waals surface area contributed by atoms with Crippen LogP contribution in [0.15, 0.2) is 30.3 Å². The van der Waals surface area contributed by atoms with Crippen molar-refractivity contribution in [2.75, 3.05) is 45.9 Å². The lowest BCUT2D eigenvalue weighted by molar-refractivity contribution is 0.0249. The van der Waals surface area contributed by atoms with Crippen LogP contribution < -0.4 is 5.32 Å². The van der Waals surface area contributed by atoms with Crippen LogP contribution in [0, 0.1) is 5.92 Å². The first kappa shape index (κ1) is 16.9. The van der Waals surface area contributed by atoms with Crippen LogP contribution in [0.2, 0.25) is 0 Å². The minimum Gasteiger partial charge on any atom is -0.379 e. The van der Waals surface area contributed by atoms with E-state index in [1.807, 2.05) is 11.0 Å². The van der Waals surface area contributed by atoms with Gasteiger partial charge in [-0.15, -0.1) is 0 Å². The Kier molecular flexibility index (Phi) is 5.22. The number of nitrogens with zero attached hydrogens (tertiary/aromatic N) is 2. The molecule has 1 aromatic rings. The van der Waals surface area contributed by atoms with Gasteiger partial charge in [-0.25, -0.2) is 4.79 Å². The molecule has 1 N–H and O–H groups in total. The topological polar surface area (TPSA) is 44.8 Å². The van der Waals surface area contributed by atoms with Crippen molar-refractivity contribution >= 4 is 6.03 Å². The van der Waals surface area contributed by atoms with Gasteiger partial charge < -0.3 is 15.0 Å². The third-order valence-corrected chi connectivity index (χ3v) is 5.75. The van der Waals surface area contributed by atoms with Crippen LogP contribution in [0.5, 0.6) is 0 Å². The molecule has 2 amide bonds. The maximum absolute atomic E-state index is 12.6. The van der Waals surface area contributed by atoms with Gasteiger partial charge in [-0.3, -0.25) is 4.90 Å². The molecule has 1 aromatic carbocycles. The normalized spacial score (nSPS) is 30.1. The number of piperidine rings is 1. The van der Waals surface area contributed by atoms with E-state index < -0.39 is 0 Å². The van der Waals surface area contributed by atoms with Gasteiger partial charge in [0.15, 0.2) is 0 Å². The maximum atomic E-state index is 12.6. The van der Waals surface area contributed by atoms with Gasteiger partial charge >= 0.3 is 6.03 Å². The average Bonchev–Trinajstić information content (AvgIpc) is 3.43. The highest BCUT2D eigenvalue weighted by atomic mass is 16.5. The molecule has 1 saturated carbocycles. The molecule has 3 fully saturated rings. The molecule has 25 heavy (non-hydrogen) atoms. The lowest BCUT2D eigenvalue weighted by atomic mass is 9.97. The Balaban J connectivity index is 1.24. The SMILES string of the molecule is O=C(N[C@@H]1C[C@@H]1c1ccccc1)N1CCC[C@H](CN2CCOCC2)C1. The largest absolute Gasteiger partial charge is 0.379 e. The number of nitrogens with one attached hydrogen (secondary N) is 1. The first-order valence-electron chi connectivity index (χ1n) is 9.70. The third kappa shape index (κ3) is 4.33. The fourth-order valence-electron chi connectivity index (χ4n) is 4.22. The molecule has 5 heteroatoms. The monoisotopic (exact) mass is 343 g/mol. The van der Waals surface area contributed by atoms with Crippen molar-refractivity contribution in [2.45, 2.75) is 31.2 Å². The van der Waals surface area contributed by atoms with Crippen LogP contribution in [0.1, 0.15) is 30.7 Å². The standard InChI is InChI=1S/C20H29N3O2/c24-20(21-19-13-18(19)17-6-2-1-3-7-17)23-8-4-5-16(15-23)14-22-9-11-25-12-10-22/h1-3,6-7,16,18-19H,4-5,8-15H2,(H,21,24)/t16-,18-,19-/m1/s1. The van der Waals surface area contributed by atoms with Crippen LogP contribution in [-0.2, 0) is 4.74 Å². The van der Waals surface area contributed by atoms with Crippen molar-refractivity contribution in [3.63, 3.8) is 0 Å². The van der Waals surface area contributed by atoms with Crippen LogP contribution in [0.3, 0.4) is 0 Å². The fourth-order valence-corrected chi connectivity index (χ4v) is 4.22. The Hall–Kier alpha value is -1.59. The molecule has 1 aliphatic carbocycles. The summed E-state index contributed by atoms with van der Waals surface area (Å²) in [4.78, 5) is 17.2. The number of hydrogen-bond donors (Lipinski definition) is 1. The van der Waals surface area contributed by atoms with E-state index in [1.165, 1.54) is 12.0 Å². The Labute approximate surface area is 150 Å². The number of urea groups is 1. The van der Waals surface area contributed by atoms with Crippen molar-refractivity contribution < 1.29 is 9.53 Å². The highest BCUT2D eigenvalue weighted by Crippen LogP contribution is 2.40. The average molecular weight is 343 g/mol. The summed E-state index contributed by atoms with van der Waals surface area (Å²) < 4.78 is 5.43. The van der Waals surface area contributed by atoms with Crippen molar-refractivity contribution in [3.8, 4) is 0 Å². The highest BCUT2D eigenvalue weighted by Gasteiger charge is 2.40. The molecule has 0 radical (unpaired) electrons. The van der Waals surface area contributed by atoms with E-state index in [0.717, 1.165) is 58.8 Å². The van der Waals surface area contributed by atoms with E-state index >= 15 is 0 Å². The molecule has 2 saturated heterocycles. The zero-order valence-electron chi connectivity index (χ0n) is 14.9. The van der Waals surface area contributed by atoms with E-state index in [0.29, 0.717) is 17.9 Å². The highest BCUT2D eigenvalue weighted by molar-refractivity contribution is 5.75. The summed E-state index contributed by atoms with van der Waals surface area (Å²) in [6.07, 6.45) is 3.42. The first-order chi connectivity index (χ1) is 12.3. The summed E-state index contributed by atoms with van der Waals surface area (Å²) in [5, 5.41) is 3.25. The van der Waals surface area contributed by atoms with E-state index in [4.69, 9.17) is 4.74 Å². The Morgan fingerprint density at radius 3 is 2.76 bits per heavy atom. The number of amides is 2. The Morgan fingerprint density at radius 2 is 1.96 bits per heavy atom. The Bertz CT molecular complexity index is 574. The summed E-state index contributed by atoms with van der Waals surface area (Å²) in [7, 11) is 0. The molecular weight excluding hydrogens is 314 g/mol. The predicted octanol–water partition coefficient (Wildman–Crippen LogP) is 2.30. The van der Waals surface area contributed by atoms with Gasteiger partial charge in [-0.1, -0.05) is 30.3 Å². The lowest BCUT2D eigenvalue weighted by Gasteiger charge is -2.36. The molecular formula is C20H29N3O2. The summed E-state index contributed by atoms with van der Waals surface area (Å²) in [6, 6.07) is 11.0. The first-order valence-corrected chi connectivity index (χ1v) is 9.70. The second-order valence-electron chi connectivity index (χ2n) is 7.68. The predicted molar refractivity (Wildman–Crippen MR) is 97.7 cm³/mol. The van der Waals surface area contributed by atoms with Gasteiger partial charge in [-0.05, 0) is 30.7 Å². The number of carbonyl (C=O) groups is 1. The summed E-state index contributed by atoms with van der Waals surface area (Å²) in [5.74, 6) is 1.10. The van der Waals surface area contributed by atoms with Crippen molar-refractivity contribution in [2.24, 2.45) is 5.92 Å². The molecule has 0 aromatic heterocycles. The van der Waals surface area contributed by atoms with Crippen molar-refractivity contribution in [1.29, 1.82) is 0 Å². The minimum absolute atomic E-state index is 0.134. The molecule has 0 bridgehead atoms. The number of ether oxygens (including phenoxy) is 1. The van der Waals surface area contributed by atoms with Crippen molar-refractivity contribution in [3.05, 3.63) is 35.9 Å². The van der Waals surface area contributed by atoms with E-state index in [-0.39, 0.29) is 6.03 Å². The zero-order valence-corrected chi connectivity index (χ0v) is 14.9. The van der Waals surface area contributed by atoms with E-state index in [9.17, 15) is 4.79 Å². The Morgan fingerprint density at radius 1 is 1.16 bits per heavy atom. The summed E-state index contributed by atoms with van der Waals surface area (Å²) in [5.41, 5.74) is 1.34. The van der Waals surface area contributed by atoms with Gasteiger partial charge in [-0.2, -0.15) is 0 Å². The second-order valence-corrected chi connectivity index (χ2v) is 7.68. The number of benzene rings is 1. The summed E-state index contributed by atoms with van der Waals surface area (Å²) in [6.45, 7) is 6.65. The number of rotatable bonds is 4. The number of likely N-dealkylation sites (tertiary alicyclic amines) is 1. The molecule has 4 rings (SSSR count). The number of morpholine rings is 1.